The van der Waals surface area contributed by atoms with Crippen molar-refractivity contribution in [1.29, 1.82) is 0 Å². The zero-order valence-corrected chi connectivity index (χ0v) is 10.9. The van der Waals surface area contributed by atoms with Crippen LogP contribution in [-0.2, 0) is 0 Å². The molecule has 0 fully saturated rings. The van der Waals surface area contributed by atoms with E-state index in [1.807, 2.05) is 19.1 Å². The maximum atomic E-state index is 5.00. The Kier molecular flexibility index (Phi) is 5.63. The molecular weight excluding hydrogens is 214 g/mol. The van der Waals surface area contributed by atoms with E-state index in [4.69, 9.17) is 4.74 Å². The molecule has 0 aliphatic rings. The van der Waals surface area contributed by atoms with E-state index in [0.717, 1.165) is 30.7 Å². The Balaban J connectivity index is 2.75. The predicted octanol–water partition coefficient (Wildman–Crippen LogP) is 2.49. The minimum atomic E-state index is 0.186. The van der Waals surface area contributed by atoms with Crippen molar-refractivity contribution in [2.24, 2.45) is 0 Å². The molecule has 4 nitrogen and oxygen atoms in total. The Hall–Kier alpha value is -1.42. The molecule has 0 aliphatic carbocycles. The highest BCUT2D eigenvalue weighted by Gasteiger charge is 2.12. The quantitative estimate of drug-likeness (QED) is 0.738. The van der Waals surface area contributed by atoms with Crippen molar-refractivity contribution in [3.8, 4) is 5.88 Å². The van der Waals surface area contributed by atoms with Gasteiger partial charge in [0.2, 0.25) is 5.88 Å². The van der Waals surface area contributed by atoms with Gasteiger partial charge in [0.05, 0.1) is 18.8 Å². The Morgan fingerprint density at radius 1 is 1.47 bits per heavy atom. The van der Waals surface area contributed by atoms with Crippen LogP contribution in [0.2, 0.25) is 0 Å². The summed E-state index contributed by atoms with van der Waals surface area (Å²) in [6.45, 7) is 9.08. The first-order valence-electron chi connectivity index (χ1n) is 5.92. The standard InChI is InChI=1S/C13H21N3O/c1-5-8-14-12(9-10(2)3)11-6-7-13(17-4)16-15-11/h6-7,12,14H,2,5,8-9H2,1,3-4H3. The van der Waals surface area contributed by atoms with Crippen LogP contribution >= 0.6 is 0 Å². The third-order valence-electron chi connectivity index (χ3n) is 2.42. The largest absolute Gasteiger partial charge is 0.480 e. The van der Waals surface area contributed by atoms with E-state index in [1.165, 1.54) is 0 Å². The lowest BCUT2D eigenvalue weighted by Crippen LogP contribution is -2.23. The first-order chi connectivity index (χ1) is 8.17. The third-order valence-corrected chi connectivity index (χ3v) is 2.42. The Labute approximate surface area is 103 Å². The molecule has 0 aromatic carbocycles. The van der Waals surface area contributed by atoms with Crippen LogP contribution in [0.3, 0.4) is 0 Å². The van der Waals surface area contributed by atoms with Gasteiger partial charge in [0.1, 0.15) is 0 Å². The molecule has 1 heterocycles. The molecule has 17 heavy (non-hydrogen) atoms. The summed E-state index contributed by atoms with van der Waals surface area (Å²) < 4.78 is 5.00. The lowest BCUT2D eigenvalue weighted by molar-refractivity contribution is 0.389. The number of nitrogens with one attached hydrogen (secondary N) is 1. The number of nitrogens with zero attached hydrogens (tertiary/aromatic N) is 2. The molecule has 0 spiro atoms. The second-order valence-corrected chi connectivity index (χ2v) is 4.17. The van der Waals surface area contributed by atoms with Gasteiger partial charge in [-0.2, -0.15) is 5.10 Å². The molecule has 94 valence electrons. The minimum Gasteiger partial charge on any atom is -0.480 e. The predicted molar refractivity (Wildman–Crippen MR) is 69.0 cm³/mol. The van der Waals surface area contributed by atoms with Crippen molar-refractivity contribution in [1.82, 2.24) is 15.5 Å². The summed E-state index contributed by atoms with van der Waals surface area (Å²) in [5, 5.41) is 11.6. The second kappa shape index (κ2) is 7.01. The van der Waals surface area contributed by atoms with E-state index in [9.17, 15) is 0 Å². The van der Waals surface area contributed by atoms with E-state index in [0.29, 0.717) is 5.88 Å². The first kappa shape index (κ1) is 13.6. The summed E-state index contributed by atoms with van der Waals surface area (Å²) in [7, 11) is 1.59. The fourth-order valence-electron chi connectivity index (χ4n) is 1.57. The highest BCUT2D eigenvalue weighted by atomic mass is 16.5. The zero-order chi connectivity index (χ0) is 12.7. The molecule has 0 bridgehead atoms. The SMILES string of the molecule is C=C(C)CC(NCCC)c1ccc(OC)nn1. The molecule has 0 aliphatic heterocycles. The third kappa shape index (κ3) is 4.53. The monoisotopic (exact) mass is 235 g/mol. The second-order valence-electron chi connectivity index (χ2n) is 4.17. The number of methoxy groups -OCH3 is 1. The van der Waals surface area contributed by atoms with E-state index in [-0.39, 0.29) is 6.04 Å². The van der Waals surface area contributed by atoms with Gasteiger partial charge in [-0.15, -0.1) is 11.7 Å². The van der Waals surface area contributed by atoms with Crippen LogP contribution in [0.25, 0.3) is 0 Å². The zero-order valence-electron chi connectivity index (χ0n) is 10.9. The van der Waals surface area contributed by atoms with Crippen LogP contribution in [-0.4, -0.2) is 23.9 Å². The number of hydrogen-bond acceptors (Lipinski definition) is 4. The summed E-state index contributed by atoms with van der Waals surface area (Å²) in [6.07, 6.45) is 1.97. The number of aromatic nitrogens is 2. The minimum absolute atomic E-state index is 0.186. The summed E-state index contributed by atoms with van der Waals surface area (Å²) in [4.78, 5) is 0. The Bertz CT molecular complexity index is 348. The molecule has 1 atom stereocenters. The van der Waals surface area contributed by atoms with Crippen molar-refractivity contribution in [2.75, 3.05) is 13.7 Å². The average Bonchev–Trinajstić information content (AvgIpc) is 2.34. The van der Waals surface area contributed by atoms with Crippen LogP contribution in [0.5, 0.6) is 5.88 Å². The Morgan fingerprint density at radius 2 is 2.24 bits per heavy atom. The molecule has 1 unspecified atom stereocenters. The average molecular weight is 235 g/mol. The molecule has 0 amide bonds. The molecule has 0 saturated carbocycles. The molecule has 1 N–H and O–H groups in total. The van der Waals surface area contributed by atoms with Crippen molar-refractivity contribution in [3.63, 3.8) is 0 Å². The van der Waals surface area contributed by atoms with Gasteiger partial charge in [-0.05, 0) is 32.4 Å². The maximum absolute atomic E-state index is 5.00. The van der Waals surface area contributed by atoms with Gasteiger partial charge < -0.3 is 10.1 Å². The molecule has 0 radical (unpaired) electrons. The number of hydrogen-bond donors (Lipinski definition) is 1. The van der Waals surface area contributed by atoms with Gasteiger partial charge in [-0.3, -0.25) is 0 Å². The van der Waals surface area contributed by atoms with Crippen molar-refractivity contribution < 1.29 is 4.74 Å². The fourth-order valence-corrected chi connectivity index (χ4v) is 1.57. The first-order valence-corrected chi connectivity index (χ1v) is 5.92. The highest BCUT2D eigenvalue weighted by molar-refractivity contribution is 5.15. The number of rotatable bonds is 7. The van der Waals surface area contributed by atoms with Crippen LogP contribution in [0.15, 0.2) is 24.3 Å². The summed E-state index contributed by atoms with van der Waals surface area (Å²) in [5.74, 6) is 0.540. The van der Waals surface area contributed by atoms with Gasteiger partial charge in [-0.1, -0.05) is 12.5 Å². The fraction of sp³-hybridized carbons (Fsp3) is 0.538. The molecule has 1 rings (SSSR count). The van der Waals surface area contributed by atoms with Gasteiger partial charge in [0.25, 0.3) is 0 Å². The molecule has 1 aromatic heterocycles. The van der Waals surface area contributed by atoms with E-state index in [1.54, 1.807) is 7.11 Å². The van der Waals surface area contributed by atoms with Crippen molar-refractivity contribution >= 4 is 0 Å². The molecule has 0 saturated heterocycles. The molecule has 4 heteroatoms. The smallest absolute Gasteiger partial charge is 0.233 e. The lowest BCUT2D eigenvalue weighted by atomic mass is 10.1. The van der Waals surface area contributed by atoms with Crippen molar-refractivity contribution in [2.45, 2.75) is 32.7 Å². The molecule has 1 aromatic rings. The summed E-state index contributed by atoms with van der Waals surface area (Å²) >= 11 is 0. The van der Waals surface area contributed by atoms with Gasteiger partial charge in [-0.25, -0.2) is 0 Å². The van der Waals surface area contributed by atoms with E-state index in [2.05, 4.69) is 29.0 Å². The maximum Gasteiger partial charge on any atom is 0.233 e. The van der Waals surface area contributed by atoms with Crippen LogP contribution in [0, 0.1) is 0 Å². The van der Waals surface area contributed by atoms with Gasteiger partial charge >= 0.3 is 0 Å². The molecular formula is C13H21N3O. The van der Waals surface area contributed by atoms with Crippen LogP contribution < -0.4 is 10.1 Å². The Morgan fingerprint density at radius 3 is 2.71 bits per heavy atom. The van der Waals surface area contributed by atoms with E-state index < -0.39 is 0 Å². The van der Waals surface area contributed by atoms with Gasteiger partial charge in [0, 0.05) is 6.07 Å². The van der Waals surface area contributed by atoms with E-state index >= 15 is 0 Å². The highest BCUT2D eigenvalue weighted by Crippen LogP contribution is 2.19. The normalized spacial score (nSPS) is 12.2. The van der Waals surface area contributed by atoms with Gasteiger partial charge in [0.15, 0.2) is 0 Å². The summed E-state index contributed by atoms with van der Waals surface area (Å²) in [5.41, 5.74) is 2.07. The van der Waals surface area contributed by atoms with Crippen molar-refractivity contribution in [3.05, 3.63) is 30.0 Å². The number of ether oxygens (including phenoxy) is 1. The lowest BCUT2D eigenvalue weighted by Gasteiger charge is -2.17. The van der Waals surface area contributed by atoms with Crippen LogP contribution in [0.1, 0.15) is 38.4 Å². The topological polar surface area (TPSA) is 47.0 Å². The summed E-state index contributed by atoms with van der Waals surface area (Å²) in [6, 6.07) is 3.97. The van der Waals surface area contributed by atoms with Crippen LogP contribution in [0.4, 0.5) is 0 Å².